The molecule has 1 aromatic heterocycles. The highest BCUT2D eigenvalue weighted by atomic mass is 16.5. The lowest BCUT2D eigenvalue weighted by Gasteiger charge is -2.32. The summed E-state index contributed by atoms with van der Waals surface area (Å²) >= 11 is 0. The van der Waals surface area contributed by atoms with Crippen LogP contribution < -0.4 is 9.47 Å². The number of nitrogens with zero attached hydrogens (tertiary/aromatic N) is 2. The van der Waals surface area contributed by atoms with Crippen molar-refractivity contribution in [1.82, 2.24) is 9.88 Å². The first-order valence-electron chi connectivity index (χ1n) is 9.18. The van der Waals surface area contributed by atoms with E-state index in [0.717, 1.165) is 49.4 Å². The molecule has 0 radical (unpaired) electrons. The Morgan fingerprint density at radius 2 is 2.04 bits per heavy atom. The minimum atomic E-state index is 0.230. The zero-order valence-electron chi connectivity index (χ0n) is 15.3. The van der Waals surface area contributed by atoms with Crippen LogP contribution in [0, 0.1) is 5.92 Å². The van der Waals surface area contributed by atoms with E-state index >= 15 is 0 Å². The van der Waals surface area contributed by atoms with Crippen LogP contribution in [-0.2, 0) is 11.2 Å². The number of pyridine rings is 1. The van der Waals surface area contributed by atoms with Crippen LogP contribution >= 0.6 is 0 Å². The zero-order chi connectivity index (χ0) is 18.2. The van der Waals surface area contributed by atoms with E-state index in [-0.39, 0.29) is 5.91 Å². The Bertz CT molecular complexity index is 705. The zero-order valence-corrected chi connectivity index (χ0v) is 15.3. The number of likely N-dealkylation sites (tertiary alicyclic amines) is 1. The summed E-state index contributed by atoms with van der Waals surface area (Å²) in [4.78, 5) is 18.5. The largest absolute Gasteiger partial charge is 0.497 e. The molecule has 2 heterocycles. The number of hydrogen-bond acceptors (Lipinski definition) is 4. The van der Waals surface area contributed by atoms with Crippen molar-refractivity contribution in [2.24, 2.45) is 5.92 Å². The Morgan fingerprint density at radius 1 is 1.23 bits per heavy atom. The number of amides is 1. The minimum Gasteiger partial charge on any atom is -0.497 e. The summed E-state index contributed by atoms with van der Waals surface area (Å²) < 4.78 is 11.1. The van der Waals surface area contributed by atoms with E-state index in [1.54, 1.807) is 19.5 Å². The molecule has 1 atom stereocenters. The predicted molar refractivity (Wildman–Crippen MR) is 100 cm³/mol. The highest BCUT2D eigenvalue weighted by molar-refractivity contribution is 5.76. The first kappa shape index (κ1) is 18.2. The van der Waals surface area contributed by atoms with Crippen molar-refractivity contribution in [3.8, 4) is 11.5 Å². The Labute approximate surface area is 155 Å². The summed E-state index contributed by atoms with van der Waals surface area (Å²) in [7, 11) is 1.65. The molecule has 1 aliphatic rings. The molecule has 5 nitrogen and oxygen atoms in total. The third kappa shape index (κ3) is 5.22. The van der Waals surface area contributed by atoms with E-state index in [0.29, 0.717) is 18.9 Å². The van der Waals surface area contributed by atoms with Crippen molar-refractivity contribution < 1.29 is 14.3 Å². The molecule has 0 spiro atoms. The van der Waals surface area contributed by atoms with Crippen molar-refractivity contribution >= 4 is 5.91 Å². The monoisotopic (exact) mass is 354 g/mol. The number of hydrogen-bond donors (Lipinski definition) is 0. The van der Waals surface area contributed by atoms with Gasteiger partial charge in [-0.05, 0) is 49.1 Å². The Morgan fingerprint density at radius 3 is 2.85 bits per heavy atom. The Hall–Kier alpha value is -2.56. The van der Waals surface area contributed by atoms with Crippen molar-refractivity contribution in [3.05, 3.63) is 54.4 Å². The molecule has 3 rings (SSSR count). The third-order valence-electron chi connectivity index (χ3n) is 4.78. The number of carbonyl (C=O) groups is 1. The van der Waals surface area contributed by atoms with Crippen molar-refractivity contribution in [3.63, 3.8) is 0 Å². The van der Waals surface area contributed by atoms with Gasteiger partial charge in [-0.1, -0.05) is 6.07 Å². The third-order valence-corrected chi connectivity index (χ3v) is 4.78. The van der Waals surface area contributed by atoms with E-state index < -0.39 is 0 Å². The minimum absolute atomic E-state index is 0.230. The molecular formula is C21H26N2O3. The molecule has 0 saturated carbocycles. The number of aromatic nitrogens is 1. The van der Waals surface area contributed by atoms with Crippen LogP contribution in [0.5, 0.6) is 11.5 Å². The lowest BCUT2D eigenvalue weighted by atomic mass is 9.98. The van der Waals surface area contributed by atoms with E-state index in [1.165, 1.54) is 0 Å². The van der Waals surface area contributed by atoms with Gasteiger partial charge >= 0.3 is 0 Å². The van der Waals surface area contributed by atoms with Gasteiger partial charge in [-0.2, -0.15) is 0 Å². The summed E-state index contributed by atoms with van der Waals surface area (Å²) in [6.45, 7) is 2.26. The van der Waals surface area contributed by atoms with Gasteiger partial charge < -0.3 is 14.4 Å². The van der Waals surface area contributed by atoms with Gasteiger partial charge in [0.1, 0.15) is 11.5 Å². The molecule has 5 heteroatoms. The summed E-state index contributed by atoms with van der Waals surface area (Å²) in [5.41, 5.74) is 1.16. The van der Waals surface area contributed by atoms with Crippen molar-refractivity contribution in [1.29, 1.82) is 0 Å². The number of benzene rings is 1. The second-order valence-corrected chi connectivity index (χ2v) is 6.69. The van der Waals surface area contributed by atoms with Gasteiger partial charge in [0.05, 0.1) is 13.7 Å². The van der Waals surface area contributed by atoms with Gasteiger partial charge in [-0.25, -0.2) is 0 Å². The van der Waals surface area contributed by atoms with Gasteiger partial charge in [-0.3, -0.25) is 9.78 Å². The van der Waals surface area contributed by atoms with Gasteiger partial charge in [0, 0.05) is 43.9 Å². The lowest BCUT2D eigenvalue weighted by Crippen LogP contribution is -2.41. The van der Waals surface area contributed by atoms with E-state index in [2.05, 4.69) is 4.98 Å². The smallest absolute Gasteiger partial charge is 0.222 e. The quantitative estimate of drug-likeness (QED) is 0.765. The van der Waals surface area contributed by atoms with Crippen LogP contribution in [0.3, 0.4) is 0 Å². The van der Waals surface area contributed by atoms with Crippen LogP contribution in [-0.4, -0.2) is 42.6 Å². The number of piperidine rings is 1. The molecule has 1 saturated heterocycles. The molecule has 0 N–H and O–H groups in total. The molecule has 138 valence electrons. The number of carbonyl (C=O) groups excluding carboxylic acids is 1. The fourth-order valence-electron chi connectivity index (χ4n) is 3.29. The Balaban J connectivity index is 1.46. The summed E-state index contributed by atoms with van der Waals surface area (Å²) in [5, 5.41) is 0. The van der Waals surface area contributed by atoms with Gasteiger partial charge in [0.15, 0.2) is 0 Å². The molecular weight excluding hydrogens is 328 g/mol. The number of aryl methyl sites for hydroxylation is 1. The molecule has 0 aliphatic carbocycles. The van der Waals surface area contributed by atoms with Crippen LogP contribution in [0.25, 0.3) is 0 Å². The molecule has 0 bridgehead atoms. The first-order chi connectivity index (χ1) is 12.7. The maximum atomic E-state index is 12.5. The Kier molecular flexibility index (Phi) is 6.47. The van der Waals surface area contributed by atoms with E-state index in [9.17, 15) is 4.79 Å². The molecule has 1 aromatic carbocycles. The maximum Gasteiger partial charge on any atom is 0.222 e. The van der Waals surface area contributed by atoms with Crippen LogP contribution in [0.15, 0.2) is 48.8 Å². The molecule has 1 fully saturated rings. The SMILES string of the molecule is COc1cccc(OC[C@H]2CCCN(C(=O)CCc3ccncc3)C2)c1. The normalized spacial score (nSPS) is 17.0. The first-order valence-corrected chi connectivity index (χ1v) is 9.18. The number of methoxy groups -OCH3 is 1. The summed E-state index contributed by atoms with van der Waals surface area (Å²) in [6.07, 6.45) is 6.99. The number of ether oxygens (including phenoxy) is 2. The highest BCUT2D eigenvalue weighted by Crippen LogP contribution is 2.22. The van der Waals surface area contributed by atoms with Crippen LogP contribution in [0.2, 0.25) is 0 Å². The van der Waals surface area contributed by atoms with Crippen molar-refractivity contribution in [2.45, 2.75) is 25.7 Å². The van der Waals surface area contributed by atoms with Gasteiger partial charge in [0.25, 0.3) is 0 Å². The van der Waals surface area contributed by atoms with Crippen LogP contribution in [0.1, 0.15) is 24.8 Å². The van der Waals surface area contributed by atoms with Gasteiger partial charge in [-0.15, -0.1) is 0 Å². The summed E-state index contributed by atoms with van der Waals surface area (Å²) in [5.74, 6) is 2.21. The fourth-order valence-corrected chi connectivity index (χ4v) is 3.29. The average Bonchev–Trinajstić information content (AvgIpc) is 2.71. The molecule has 1 aliphatic heterocycles. The van der Waals surface area contributed by atoms with Crippen LogP contribution in [0.4, 0.5) is 0 Å². The maximum absolute atomic E-state index is 12.5. The molecule has 1 amide bonds. The predicted octanol–water partition coefficient (Wildman–Crippen LogP) is 3.34. The topological polar surface area (TPSA) is 51.7 Å². The number of rotatable bonds is 7. The van der Waals surface area contributed by atoms with Gasteiger partial charge in [0.2, 0.25) is 5.91 Å². The molecule has 2 aromatic rings. The van der Waals surface area contributed by atoms with E-state index in [1.807, 2.05) is 41.3 Å². The second kappa shape index (κ2) is 9.22. The van der Waals surface area contributed by atoms with Crippen molar-refractivity contribution in [2.75, 3.05) is 26.8 Å². The average molecular weight is 354 g/mol. The standard InChI is InChI=1S/C21H26N2O3/c1-25-19-5-2-6-20(14-19)26-16-18-4-3-13-23(15-18)21(24)8-7-17-9-11-22-12-10-17/h2,5-6,9-12,14,18H,3-4,7-8,13,15-16H2,1H3/t18-/m0/s1. The fraction of sp³-hybridized carbons (Fsp3) is 0.429. The molecule has 0 unspecified atom stereocenters. The second-order valence-electron chi connectivity index (χ2n) is 6.69. The highest BCUT2D eigenvalue weighted by Gasteiger charge is 2.24. The summed E-state index contributed by atoms with van der Waals surface area (Å²) in [6, 6.07) is 11.6. The van der Waals surface area contributed by atoms with E-state index in [4.69, 9.17) is 9.47 Å². The molecule has 26 heavy (non-hydrogen) atoms. The lowest BCUT2D eigenvalue weighted by molar-refractivity contribution is -0.133.